The Bertz CT molecular complexity index is 1440. The molecule has 43 heavy (non-hydrogen) atoms. The van der Waals surface area contributed by atoms with Crippen LogP contribution in [-0.4, -0.2) is 33.8 Å². The number of carbonyl (C=O) groups is 3. The summed E-state index contributed by atoms with van der Waals surface area (Å²) in [6.45, 7) is 18.0. The van der Waals surface area contributed by atoms with Gasteiger partial charge in [0.05, 0.1) is 16.4 Å². The van der Waals surface area contributed by atoms with Crippen molar-refractivity contribution in [2.75, 3.05) is 0 Å². The van der Waals surface area contributed by atoms with Gasteiger partial charge in [-0.15, -0.1) is 0 Å². The molecule has 0 unspecified atom stereocenters. The molecule has 1 aromatic rings. The van der Waals surface area contributed by atoms with Crippen LogP contribution >= 0.6 is 0 Å². The Kier molecular flexibility index (Phi) is 7.54. The largest absolute Gasteiger partial charge is 0.364 e. The van der Waals surface area contributed by atoms with Crippen molar-refractivity contribution in [2.24, 2.45) is 33.5 Å². The minimum atomic E-state index is -2.04. The average molecular weight is 587 g/mol. The molecule has 6 atom stereocenters. The van der Waals surface area contributed by atoms with E-state index in [1.54, 1.807) is 24.3 Å². The molecule has 5 nitrogen and oxygen atoms in total. The molecule has 0 aromatic heterocycles. The second kappa shape index (κ2) is 10.2. The summed E-state index contributed by atoms with van der Waals surface area (Å²) in [6.07, 6.45) is 9.42. The molecule has 1 heterocycles. The van der Waals surface area contributed by atoms with Gasteiger partial charge in [-0.25, -0.2) is 0 Å². The molecule has 0 amide bonds. The van der Waals surface area contributed by atoms with Gasteiger partial charge in [0.15, 0.2) is 28.6 Å². The Labute approximate surface area is 257 Å². The minimum absolute atomic E-state index is 0.142. The molecule has 1 saturated heterocycles. The van der Waals surface area contributed by atoms with Crippen molar-refractivity contribution in [1.82, 2.24) is 0 Å². The van der Waals surface area contributed by atoms with Gasteiger partial charge in [-0.05, 0) is 98.3 Å². The number of allylic oxidation sites excluding steroid dienone is 6. The van der Waals surface area contributed by atoms with Gasteiger partial charge in [0.2, 0.25) is 0 Å². The maximum absolute atomic E-state index is 15.6. The minimum Gasteiger partial charge on any atom is -0.364 e. The second-order valence-corrected chi connectivity index (χ2v) is 15.5. The summed E-state index contributed by atoms with van der Waals surface area (Å²) in [6, 6.07) is 8.80. The fraction of sp³-hybridized carbons (Fsp3) is 0.605. The van der Waals surface area contributed by atoms with Gasteiger partial charge in [0.25, 0.3) is 0 Å². The number of aliphatic hydroxyl groups is 1. The number of Topliss-reactive ketones (excluding diaryl/α,β-unsaturated/α-hetero) is 3. The molecule has 1 aliphatic heterocycles. The van der Waals surface area contributed by atoms with Gasteiger partial charge in [-0.1, -0.05) is 79.1 Å². The predicted molar refractivity (Wildman–Crippen MR) is 169 cm³/mol. The van der Waals surface area contributed by atoms with Crippen LogP contribution in [0, 0.1) is 33.5 Å². The zero-order chi connectivity index (χ0) is 31.8. The third kappa shape index (κ3) is 3.99. The van der Waals surface area contributed by atoms with Gasteiger partial charge in [0, 0.05) is 11.5 Å². The molecule has 5 aliphatic rings. The van der Waals surface area contributed by atoms with Crippen LogP contribution < -0.4 is 0 Å². The van der Waals surface area contributed by atoms with Crippen LogP contribution in [0.5, 0.6) is 0 Å². The summed E-state index contributed by atoms with van der Waals surface area (Å²) in [5.74, 6) is -3.88. The topological polar surface area (TPSA) is 80.7 Å². The molecule has 1 N–H and O–H groups in total. The number of rotatable bonds is 9. The van der Waals surface area contributed by atoms with E-state index in [2.05, 4.69) is 32.9 Å². The van der Waals surface area contributed by atoms with Crippen molar-refractivity contribution < 1.29 is 24.2 Å². The van der Waals surface area contributed by atoms with Crippen molar-refractivity contribution in [3.05, 3.63) is 70.8 Å². The van der Waals surface area contributed by atoms with E-state index in [-0.39, 0.29) is 24.7 Å². The van der Waals surface area contributed by atoms with E-state index in [4.69, 9.17) is 4.74 Å². The zero-order valence-corrected chi connectivity index (χ0v) is 27.6. The number of benzene rings is 1. The lowest BCUT2D eigenvalue weighted by molar-refractivity contribution is -0.324. The standard InChI is InChI=1S/C38H50O5/c1-24(2)14-13-15-26(5)19-20-35-23-28-22-29-34(8,9)43-38(35,42)36(29,21-18-25(3)4)32(41)37(31(35)40,33(28,6)7)30(39)27-16-11-10-12-17-27/h10-12,14,16-19,28-29,42H,13,15,20-23H2,1-9H3/b26-19+/t28-,29-,35-,36+,37+,38-/m0/s1. The van der Waals surface area contributed by atoms with E-state index < -0.39 is 50.4 Å². The second-order valence-electron chi connectivity index (χ2n) is 15.5. The summed E-state index contributed by atoms with van der Waals surface area (Å²) < 4.78 is 6.73. The Morgan fingerprint density at radius 1 is 0.907 bits per heavy atom. The Morgan fingerprint density at radius 3 is 2.14 bits per heavy atom. The van der Waals surface area contributed by atoms with Crippen molar-refractivity contribution in [3.8, 4) is 0 Å². The number of carbonyl (C=O) groups excluding carboxylic acids is 3. The summed E-state index contributed by atoms with van der Waals surface area (Å²) in [4.78, 5) is 46.0. The normalized spacial score (nSPS) is 36.8. The van der Waals surface area contributed by atoms with E-state index in [1.165, 1.54) is 5.57 Å². The highest BCUT2D eigenvalue weighted by Gasteiger charge is 2.92. The first-order chi connectivity index (χ1) is 20.0. The van der Waals surface area contributed by atoms with Crippen molar-refractivity contribution in [3.63, 3.8) is 0 Å². The van der Waals surface area contributed by atoms with Crippen LogP contribution in [0.4, 0.5) is 0 Å². The van der Waals surface area contributed by atoms with Crippen molar-refractivity contribution >= 4 is 17.3 Å². The lowest BCUT2D eigenvalue weighted by Gasteiger charge is -2.65. The molecule has 0 radical (unpaired) electrons. The number of hydrogen-bond donors (Lipinski definition) is 1. The molecule has 5 fully saturated rings. The molecule has 4 aliphatic carbocycles. The van der Waals surface area contributed by atoms with E-state index in [0.29, 0.717) is 18.4 Å². The molecule has 4 saturated carbocycles. The monoisotopic (exact) mass is 586 g/mol. The van der Waals surface area contributed by atoms with E-state index in [9.17, 15) is 9.90 Å². The van der Waals surface area contributed by atoms with Crippen LogP contribution in [0.3, 0.4) is 0 Å². The maximum Gasteiger partial charge on any atom is 0.192 e. The number of ether oxygens (including phenoxy) is 1. The summed E-state index contributed by atoms with van der Waals surface area (Å²) in [5, 5.41) is 13.2. The van der Waals surface area contributed by atoms with Crippen LogP contribution in [0.1, 0.15) is 111 Å². The average Bonchev–Trinajstić information content (AvgIpc) is 3.01. The van der Waals surface area contributed by atoms with Gasteiger partial charge in [-0.3, -0.25) is 14.4 Å². The predicted octanol–water partition coefficient (Wildman–Crippen LogP) is 7.98. The number of hydrogen-bond acceptors (Lipinski definition) is 5. The molecule has 1 aromatic carbocycles. The van der Waals surface area contributed by atoms with Crippen LogP contribution in [0.2, 0.25) is 0 Å². The Hall–Kier alpha value is -2.63. The summed E-state index contributed by atoms with van der Waals surface area (Å²) >= 11 is 0. The van der Waals surface area contributed by atoms with Crippen LogP contribution in [0.25, 0.3) is 0 Å². The van der Waals surface area contributed by atoms with E-state index in [0.717, 1.165) is 24.0 Å². The highest BCUT2D eigenvalue weighted by Crippen LogP contribution is 2.80. The lowest BCUT2D eigenvalue weighted by Crippen LogP contribution is -2.80. The highest BCUT2D eigenvalue weighted by molar-refractivity contribution is 6.34. The van der Waals surface area contributed by atoms with Gasteiger partial charge in [-0.2, -0.15) is 0 Å². The molecule has 6 rings (SSSR count). The SMILES string of the molecule is CC(C)=CCC/C(C)=C/C[C@@]12C[C@@H]3C[C@H]4C(C)(C)O[C@]1(O)[C@@]4(CC=C(C)C)C(=O)[C@@](C(=O)c1ccccc1)(C2=O)C3(C)C. The first kappa shape index (κ1) is 31.8. The summed E-state index contributed by atoms with van der Waals surface area (Å²) in [7, 11) is 0. The molecular formula is C38H50O5. The number of ketones is 3. The highest BCUT2D eigenvalue weighted by atomic mass is 16.7. The quantitative estimate of drug-likeness (QED) is 0.180. The fourth-order valence-electron chi connectivity index (χ4n) is 9.50. The third-order valence-electron chi connectivity index (χ3n) is 11.8. The Morgan fingerprint density at radius 2 is 1.53 bits per heavy atom. The lowest BCUT2D eigenvalue weighted by atomic mass is 9.35. The van der Waals surface area contributed by atoms with Crippen LogP contribution in [-0.2, 0) is 14.3 Å². The van der Waals surface area contributed by atoms with E-state index in [1.807, 2.05) is 53.7 Å². The Balaban J connectivity index is 1.83. The van der Waals surface area contributed by atoms with Crippen molar-refractivity contribution in [2.45, 2.75) is 112 Å². The smallest absolute Gasteiger partial charge is 0.192 e. The van der Waals surface area contributed by atoms with Gasteiger partial charge < -0.3 is 9.84 Å². The first-order valence-electron chi connectivity index (χ1n) is 16.0. The molecular weight excluding hydrogens is 536 g/mol. The van der Waals surface area contributed by atoms with Gasteiger partial charge in [0.1, 0.15) is 0 Å². The van der Waals surface area contributed by atoms with Crippen molar-refractivity contribution in [1.29, 1.82) is 0 Å². The maximum atomic E-state index is 15.6. The molecule has 0 spiro atoms. The molecule has 5 heteroatoms. The molecule has 6 bridgehead atoms. The summed E-state index contributed by atoms with van der Waals surface area (Å²) in [5.41, 5.74) is -2.89. The van der Waals surface area contributed by atoms with E-state index >= 15 is 9.59 Å². The zero-order valence-electron chi connectivity index (χ0n) is 27.6. The van der Waals surface area contributed by atoms with Gasteiger partial charge >= 0.3 is 0 Å². The fourth-order valence-corrected chi connectivity index (χ4v) is 9.50. The first-order valence-corrected chi connectivity index (χ1v) is 16.0. The molecule has 232 valence electrons. The third-order valence-corrected chi connectivity index (χ3v) is 11.8. The van der Waals surface area contributed by atoms with Crippen LogP contribution in [0.15, 0.2) is 65.3 Å².